The minimum absolute atomic E-state index is 0. The normalized spacial score (nSPS) is 14.5. The third kappa shape index (κ3) is 12.2. The minimum Gasteiger partial charge on any atom is -0.664 e. The van der Waals surface area contributed by atoms with Crippen molar-refractivity contribution < 1.29 is 69.8 Å². The zero-order chi connectivity index (χ0) is 53.9. The van der Waals surface area contributed by atoms with E-state index in [0.29, 0.717) is 0 Å². The smallest absolute Gasteiger partial charge is 0.664 e. The van der Waals surface area contributed by atoms with Gasteiger partial charge in [-0.1, -0.05) is 62.1 Å². The number of nitrogens with one attached hydrogen (secondary N) is 3. The Balaban J connectivity index is 0.000000210. The quantitative estimate of drug-likeness (QED) is 0.0408. The van der Waals surface area contributed by atoms with Crippen molar-refractivity contribution in [2.24, 2.45) is 15.0 Å². The largest absolute Gasteiger partial charge is 3.00 e. The number of anilines is 3. The summed E-state index contributed by atoms with van der Waals surface area (Å²) < 4.78 is 174. The molecular formula is C55H40F12FeN9. The van der Waals surface area contributed by atoms with Crippen LogP contribution in [0, 0.1) is 69.8 Å². The molecule has 0 saturated heterocycles. The molecule has 3 aromatic carbocycles. The Morgan fingerprint density at radius 1 is 0.403 bits per heavy atom. The fraction of sp³-hybridized carbons (Fsp3) is 0.0727. The number of hydrogen-bond acceptors (Lipinski definition) is 6. The SMILES string of the molecule is C.C=CCNc1c(F)c(F)c(C(=C2C=CC=N2)c2ccc[n-]2)c(F)c1F.C=CCNc1c(F)c(F)c(C(=C2C=CC=N2)c2ccc[n-]2)c(F)c1F.C=CCNc1c(F)c(F)c(C(=C2C=CC=N2)c2ccc[n-]2)c(F)c1F.[Fe+3]. The summed E-state index contributed by atoms with van der Waals surface area (Å²) >= 11 is 0. The molecule has 6 aromatic rings. The summed E-state index contributed by atoms with van der Waals surface area (Å²) in [5.74, 6) is -18.3. The van der Waals surface area contributed by atoms with E-state index in [1.165, 1.54) is 91.9 Å². The van der Waals surface area contributed by atoms with Crippen LogP contribution in [0.25, 0.3) is 16.7 Å². The van der Waals surface area contributed by atoms with Gasteiger partial charge in [-0.05, 0) is 53.2 Å². The van der Waals surface area contributed by atoms with Crippen molar-refractivity contribution in [2.45, 2.75) is 7.43 Å². The Bertz CT molecular complexity index is 2970. The maximum Gasteiger partial charge on any atom is 3.00 e. The summed E-state index contributed by atoms with van der Waals surface area (Å²) in [5.41, 5.74) is -4.66. The number of aliphatic imine (C=N–C) groups is 3. The molecule has 0 aliphatic carbocycles. The van der Waals surface area contributed by atoms with Crippen molar-refractivity contribution >= 4 is 52.4 Å². The number of allylic oxidation sites excluding steroid dienone is 6. The second-order valence-electron chi connectivity index (χ2n) is 15.3. The van der Waals surface area contributed by atoms with E-state index < -0.39 is 104 Å². The first-order valence-electron chi connectivity index (χ1n) is 21.9. The molecule has 0 fully saturated rings. The van der Waals surface area contributed by atoms with Crippen LogP contribution in [-0.2, 0) is 17.1 Å². The van der Waals surface area contributed by atoms with Gasteiger partial charge < -0.3 is 30.9 Å². The number of hydrogen-bond donors (Lipinski definition) is 3. The van der Waals surface area contributed by atoms with Crippen LogP contribution >= 0.6 is 0 Å². The van der Waals surface area contributed by atoms with E-state index >= 15 is 0 Å². The molecule has 0 bridgehead atoms. The summed E-state index contributed by atoms with van der Waals surface area (Å²) in [6, 6.07) is 9.05. The van der Waals surface area contributed by atoms with Gasteiger partial charge in [0.15, 0.2) is 69.8 Å². The van der Waals surface area contributed by atoms with Crippen molar-refractivity contribution in [3.05, 3.63) is 250 Å². The molecule has 9 nitrogen and oxygen atoms in total. The maximum atomic E-state index is 14.6. The van der Waals surface area contributed by atoms with E-state index in [4.69, 9.17) is 0 Å². The first-order chi connectivity index (χ1) is 36.2. The predicted molar refractivity (Wildman–Crippen MR) is 272 cm³/mol. The molecular weight excluding hydrogens is 1070 g/mol. The summed E-state index contributed by atoms with van der Waals surface area (Å²) in [6.45, 7) is 9.96. The molecule has 6 heterocycles. The Hall–Kier alpha value is -8.75. The standard InChI is InChI=1S/3C18H12F4N3.CH4.Fe/c3*1-2-7-25-18-16(21)14(19)13(15(20)17(18)22)12(10-5-3-8-23-10)11-6-4-9-24-11;;/h3*2-6,8-9,25H,1,7H2;1H4;/q3*-1;;+3. The van der Waals surface area contributed by atoms with E-state index in [0.717, 1.165) is 0 Å². The van der Waals surface area contributed by atoms with Gasteiger partial charge >= 0.3 is 17.1 Å². The summed E-state index contributed by atoms with van der Waals surface area (Å²) in [6.07, 6.45) is 21.4. The van der Waals surface area contributed by atoms with E-state index in [1.807, 2.05) is 0 Å². The second-order valence-corrected chi connectivity index (χ2v) is 15.3. The molecule has 1 radical (unpaired) electrons. The number of rotatable bonds is 15. The molecule has 397 valence electrons. The Kier molecular flexibility index (Phi) is 20.5. The topological polar surface area (TPSA) is 115 Å². The van der Waals surface area contributed by atoms with Gasteiger partial charge in [0.2, 0.25) is 0 Å². The van der Waals surface area contributed by atoms with E-state index in [9.17, 15) is 52.7 Å². The minimum atomic E-state index is -1.52. The Morgan fingerprint density at radius 3 is 0.805 bits per heavy atom. The molecule has 0 amide bonds. The Morgan fingerprint density at radius 2 is 0.636 bits per heavy atom. The van der Waals surface area contributed by atoms with Crippen LogP contribution in [0.4, 0.5) is 69.7 Å². The molecule has 22 heteroatoms. The molecule has 3 aliphatic heterocycles. The molecule has 3 N–H and O–H groups in total. The molecule has 3 aliphatic rings. The number of aromatic nitrogens is 3. The van der Waals surface area contributed by atoms with Crippen molar-refractivity contribution in [1.29, 1.82) is 0 Å². The number of nitrogens with zero attached hydrogens (tertiary/aromatic N) is 6. The van der Waals surface area contributed by atoms with Gasteiger partial charge in [-0.3, -0.25) is 15.0 Å². The number of halogens is 12. The summed E-state index contributed by atoms with van der Waals surface area (Å²) in [5, 5.41) is 6.78. The second kappa shape index (κ2) is 26.6. The van der Waals surface area contributed by atoms with Gasteiger partial charge in [0.25, 0.3) is 0 Å². The summed E-state index contributed by atoms with van der Waals surface area (Å²) in [7, 11) is 0. The van der Waals surface area contributed by atoms with E-state index in [2.05, 4.69) is 65.6 Å². The molecule has 0 atom stereocenters. The van der Waals surface area contributed by atoms with Crippen LogP contribution in [-0.4, -0.2) is 38.3 Å². The molecule has 9 rings (SSSR count). The predicted octanol–water partition coefficient (Wildman–Crippen LogP) is 13.2. The zero-order valence-corrected chi connectivity index (χ0v) is 40.0. The average molecular weight is 1110 g/mol. The van der Waals surface area contributed by atoms with Gasteiger partial charge in [0.05, 0.1) is 33.8 Å². The van der Waals surface area contributed by atoms with E-state index in [-0.39, 0.29) is 95.0 Å². The molecule has 3 aromatic heterocycles. The van der Waals surface area contributed by atoms with Crippen LogP contribution in [0.15, 0.2) is 161 Å². The van der Waals surface area contributed by atoms with E-state index in [1.54, 1.807) is 36.4 Å². The molecule has 77 heavy (non-hydrogen) atoms. The van der Waals surface area contributed by atoms with Crippen molar-refractivity contribution in [2.75, 3.05) is 35.6 Å². The van der Waals surface area contributed by atoms with Gasteiger partial charge in [-0.2, -0.15) is 18.6 Å². The van der Waals surface area contributed by atoms with Gasteiger partial charge in [0, 0.05) is 38.3 Å². The molecule has 0 unspecified atom stereocenters. The van der Waals surface area contributed by atoms with Gasteiger partial charge in [-0.25, -0.2) is 52.7 Å². The van der Waals surface area contributed by atoms with Crippen molar-refractivity contribution in [1.82, 2.24) is 15.0 Å². The van der Waals surface area contributed by atoms with Gasteiger partial charge in [0.1, 0.15) is 17.1 Å². The Labute approximate surface area is 443 Å². The third-order valence-corrected chi connectivity index (χ3v) is 10.7. The van der Waals surface area contributed by atoms with Gasteiger partial charge in [-0.15, -0.1) is 36.8 Å². The number of benzene rings is 3. The fourth-order valence-corrected chi connectivity index (χ4v) is 7.39. The fourth-order valence-electron chi connectivity index (χ4n) is 7.39. The van der Waals surface area contributed by atoms with Crippen molar-refractivity contribution in [3.63, 3.8) is 0 Å². The van der Waals surface area contributed by atoms with Crippen LogP contribution in [0.5, 0.6) is 0 Å². The maximum absolute atomic E-state index is 14.6. The first kappa shape index (κ1) is 59.1. The van der Waals surface area contributed by atoms with Crippen LogP contribution in [0.2, 0.25) is 0 Å². The van der Waals surface area contributed by atoms with Crippen LogP contribution < -0.4 is 30.9 Å². The third-order valence-electron chi connectivity index (χ3n) is 10.7. The zero-order valence-electron chi connectivity index (χ0n) is 38.9. The molecule has 0 spiro atoms. The van der Waals surface area contributed by atoms with Crippen molar-refractivity contribution in [3.8, 4) is 0 Å². The monoisotopic (exact) mass is 1110 g/mol. The summed E-state index contributed by atoms with van der Waals surface area (Å²) in [4.78, 5) is 23.9. The average Bonchev–Trinajstić information content (AvgIpc) is 4.27. The first-order valence-corrected chi connectivity index (χ1v) is 21.9. The van der Waals surface area contributed by atoms with Crippen LogP contribution in [0.3, 0.4) is 0 Å². The van der Waals surface area contributed by atoms with Crippen LogP contribution in [0.1, 0.15) is 41.2 Å². The molecule has 0 saturated carbocycles.